The summed E-state index contributed by atoms with van der Waals surface area (Å²) in [7, 11) is -1.45. The second-order valence-corrected chi connectivity index (χ2v) is 19.1. The summed E-state index contributed by atoms with van der Waals surface area (Å²) in [5.74, 6) is 5.01. The van der Waals surface area contributed by atoms with Crippen LogP contribution in [0.25, 0.3) is 0 Å². The van der Waals surface area contributed by atoms with Crippen molar-refractivity contribution in [3.8, 4) is 0 Å². The summed E-state index contributed by atoms with van der Waals surface area (Å²) in [5, 5.41) is 0. The molecule has 3 fully saturated rings. The van der Waals surface area contributed by atoms with Gasteiger partial charge in [-0.25, -0.2) is 0 Å². The van der Waals surface area contributed by atoms with Gasteiger partial charge >= 0.3 is 0 Å². The quantitative estimate of drug-likeness (QED) is 0.258. The first-order valence-corrected chi connectivity index (χ1v) is 18.3. The lowest BCUT2D eigenvalue weighted by Crippen LogP contribution is -2.50. The second-order valence-electron chi connectivity index (χ2n) is 14.6. The molecule has 0 aromatic carbocycles. The number of hydrogen-bond acceptors (Lipinski definition) is 1. The summed E-state index contributed by atoms with van der Waals surface area (Å²) in [6.45, 7) is 22.0. The van der Waals surface area contributed by atoms with Crippen molar-refractivity contribution < 1.29 is 4.43 Å². The van der Waals surface area contributed by atoms with E-state index in [1.807, 2.05) is 5.57 Å². The molecule has 2 heteroatoms. The predicted octanol–water partition coefficient (Wildman–Crippen LogP) is 9.80. The van der Waals surface area contributed by atoms with Gasteiger partial charge in [-0.05, 0) is 137 Å². The fourth-order valence-electron chi connectivity index (χ4n) is 9.42. The highest BCUT2D eigenvalue weighted by Crippen LogP contribution is 2.67. The average molecular weight is 485 g/mol. The molecular formula is C32H56OSi. The molecule has 1 unspecified atom stereocenters. The summed E-state index contributed by atoms with van der Waals surface area (Å²) in [6.07, 6.45) is 19.5. The molecule has 4 aliphatic carbocycles. The zero-order chi connectivity index (χ0) is 24.9. The van der Waals surface area contributed by atoms with Crippen molar-refractivity contribution >= 4 is 8.32 Å². The number of allylic oxidation sites excluding steroid dienone is 4. The molecule has 0 amide bonds. The average Bonchev–Trinajstić information content (AvgIpc) is 3.10. The molecule has 3 saturated carbocycles. The van der Waals surface area contributed by atoms with E-state index in [9.17, 15) is 0 Å². The van der Waals surface area contributed by atoms with Crippen LogP contribution in [-0.2, 0) is 4.43 Å². The fourth-order valence-corrected chi connectivity index (χ4v) is 10.6. The van der Waals surface area contributed by atoms with Gasteiger partial charge in [0.15, 0.2) is 8.32 Å². The van der Waals surface area contributed by atoms with Crippen molar-refractivity contribution in [1.82, 2.24) is 0 Å². The van der Waals surface area contributed by atoms with Crippen LogP contribution < -0.4 is 0 Å². The van der Waals surface area contributed by atoms with Crippen LogP contribution in [0.1, 0.15) is 106 Å². The van der Waals surface area contributed by atoms with Crippen LogP contribution in [-0.4, -0.2) is 14.4 Å². The molecular weight excluding hydrogens is 428 g/mol. The molecule has 8 atom stereocenters. The smallest absolute Gasteiger partial charge is 0.184 e. The third-order valence-corrected chi connectivity index (χ3v) is 12.4. The molecule has 0 N–H and O–H groups in total. The van der Waals surface area contributed by atoms with Gasteiger partial charge in [-0.3, -0.25) is 0 Å². The SMILES string of the molecule is C/C=C(/CC[C@@H](C)[C@H]1CC[C@H]2C3=CCC4C[C@@H](O[Si](C)(C)C)CC[C@]4(C)[C@H]3CC[C@]12C)C(C)C. The van der Waals surface area contributed by atoms with Gasteiger partial charge in [0.1, 0.15) is 0 Å². The van der Waals surface area contributed by atoms with E-state index in [2.05, 4.69) is 73.3 Å². The minimum Gasteiger partial charge on any atom is -0.415 e. The van der Waals surface area contributed by atoms with Crippen molar-refractivity contribution in [2.45, 2.75) is 131 Å². The zero-order valence-electron chi connectivity index (χ0n) is 24.2. The van der Waals surface area contributed by atoms with E-state index in [1.54, 1.807) is 5.57 Å². The zero-order valence-corrected chi connectivity index (χ0v) is 25.2. The third-order valence-electron chi connectivity index (χ3n) is 11.3. The van der Waals surface area contributed by atoms with Crippen molar-refractivity contribution in [2.75, 3.05) is 0 Å². The maximum atomic E-state index is 6.61. The van der Waals surface area contributed by atoms with Crippen LogP contribution in [0.5, 0.6) is 0 Å². The molecule has 194 valence electrons. The summed E-state index contributed by atoms with van der Waals surface area (Å²) >= 11 is 0. The Morgan fingerprint density at radius 3 is 2.35 bits per heavy atom. The Hall–Kier alpha value is -0.343. The van der Waals surface area contributed by atoms with Crippen LogP contribution >= 0.6 is 0 Å². The number of fused-ring (bicyclic) bond motifs is 5. The molecule has 0 saturated heterocycles. The first-order valence-electron chi connectivity index (χ1n) is 14.9. The highest BCUT2D eigenvalue weighted by atomic mass is 28.4. The van der Waals surface area contributed by atoms with Gasteiger partial charge in [0.25, 0.3) is 0 Å². The van der Waals surface area contributed by atoms with E-state index in [4.69, 9.17) is 4.43 Å². The fraction of sp³-hybridized carbons (Fsp3) is 0.875. The Bertz CT molecular complexity index is 787. The molecule has 34 heavy (non-hydrogen) atoms. The first-order chi connectivity index (χ1) is 15.9. The van der Waals surface area contributed by atoms with Crippen LogP contribution in [0.15, 0.2) is 23.3 Å². The van der Waals surface area contributed by atoms with Gasteiger partial charge in [0.05, 0.1) is 0 Å². The summed E-state index contributed by atoms with van der Waals surface area (Å²) in [6, 6.07) is 0. The Kier molecular flexibility index (Phi) is 7.73. The van der Waals surface area contributed by atoms with Crippen LogP contribution in [0.4, 0.5) is 0 Å². The van der Waals surface area contributed by atoms with Gasteiger partial charge in [0.2, 0.25) is 0 Å². The molecule has 4 aliphatic rings. The van der Waals surface area contributed by atoms with Gasteiger partial charge in [-0.15, -0.1) is 0 Å². The Balaban J connectivity index is 1.47. The van der Waals surface area contributed by atoms with Crippen LogP contribution in [0.2, 0.25) is 19.6 Å². The third kappa shape index (κ3) is 4.93. The van der Waals surface area contributed by atoms with Crippen LogP contribution in [0, 0.1) is 46.3 Å². The summed E-state index contributed by atoms with van der Waals surface area (Å²) in [5.41, 5.74) is 4.64. The normalized spacial score (nSPS) is 41.5. The molecule has 1 nitrogen and oxygen atoms in total. The predicted molar refractivity (Wildman–Crippen MR) is 150 cm³/mol. The second kappa shape index (κ2) is 9.84. The minimum atomic E-state index is -1.45. The molecule has 0 bridgehead atoms. The lowest BCUT2D eigenvalue weighted by molar-refractivity contribution is -0.0383. The summed E-state index contributed by atoms with van der Waals surface area (Å²) in [4.78, 5) is 0. The van der Waals surface area contributed by atoms with E-state index in [0.29, 0.717) is 22.9 Å². The highest BCUT2D eigenvalue weighted by Gasteiger charge is 2.58. The Morgan fingerprint density at radius 2 is 1.71 bits per heavy atom. The van der Waals surface area contributed by atoms with Crippen molar-refractivity contribution in [1.29, 1.82) is 0 Å². The first kappa shape index (κ1) is 26.7. The van der Waals surface area contributed by atoms with Gasteiger partial charge in [0, 0.05) is 6.10 Å². The maximum Gasteiger partial charge on any atom is 0.184 e. The minimum absolute atomic E-state index is 0.520. The molecule has 0 radical (unpaired) electrons. The molecule has 0 spiro atoms. The van der Waals surface area contributed by atoms with Crippen molar-refractivity contribution in [2.24, 2.45) is 46.3 Å². The van der Waals surface area contributed by atoms with Gasteiger partial charge in [-0.1, -0.05) is 57.9 Å². The topological polar surface area (TPSA) is 9.23 Å². The highest BCUT2D eigenvalue weighted by molar-refractivity contribution is 6.69. The van der Waals surface area contributed by atoms with Crippen LogP contribution in [0.3, 0.4) is 0 Å². The van der Waals surface area contributed by atoms with Gasteiger partial charge < -0.3 is 4.43 Å². The van der Waals surface area contributed by atoms with Gasteiger partial charge in [-0.2, -0.15) is 0 Å². The molecule has 0 aliphatic heterocycles. The van der Waals surface area contributed by atoms with E-state index in [1.165, 1.54) is 64.2 Å². The van der Waals surface area contributed by atoms with Crippen molar-refractivity contribution in [3.05, 3.63) is 23.3 Å². The molecule has 0 aromatic rings. The maximum absolute atomic E-state index is 6.61. The monoisotopic (exact) mass is 484 g/mol. The Morgan fingerprint density at radius 1 is 1.03 bits per heavy atom. The molecule has 4 rings (SSSR count). The van der Waals surface area contributed by atoms with Crippen molar-refractivity contribution in [3.63, 3.8) is 0 Å². The lowest BCUT2D eigenvalue weighted by Gasteiger charge is -2.58. The lowest BCUT2D eigenvalue weighted by atomic mass is 9.47. The van der Waals surface area contributed by atoms with E-state index >= 15 is 0 Å². The van der Waals surface area contributed by atoms with E-state index in [0.717, 1.165) is 29.6 Å². The molecule has 0 heterocycles. The standard InChI is InChI=1S/C32H56OSi/c1-10-24(22(2)3)12-11-23(4)28-15-16-29-27-14-13-25-21-26(33-34(7,8)9)17-19-31(25,5)30(27)18-20-32(28,29)6/h10,14,22-23,25-26,28-30H,11-13,15-21H2,1-9H3/b24-10-/t23-,25?,26+,28-,29+,30+,31+,32-/m1/s1. The van der Waals surface area contributed by atoms with E-state index < -0.39 is 8.32 Å². The number of hydrogen-bond donors (Lipinski definition) is 0. The summed E-state index contributed by atoms with van der Waals surface area (Å²) < 4.78 is 6.61. The largest absolute Gasteiger partial charge is 0.415 e. The molecule has 0 aromatic heterocycles. The Labute approximate surface area is 213 Å². The number of rotatable bonds is 7. The van der Waals surface area contributed by atoms with E-state index in [-0.39, 0.29) is 0 Å².